The molecular weight excluding hydrogens is 358 g/mol. The standard InChI is InChI=1S/C17H22BrN3O2/c1-11-2-5-14(18)7-15(11)20-16(22)8-19-17(23)21-9-13(10-21)6-12-3-4-12/h2,5,7,12-13H,3-4,6,8-10H2,1H3,(H,19,23)(H,20,22). The molecule has 1 aromatic rings. The number of hydrogen-bond donors (Lipinski definition) is 2. The molecule has 6 heteroatoms. The van der Waals surface area contributed by atoms with Crippen LogP contribution in [0.4, 0.5) is 10.5 Å². The van der Waals surface area contributed by atoms with E-state index in [1.807, 2.05) is 25.1 Å². The number of anilines is 1. The number of amides is 3. The first-order chi connectivity index (χ1) is 11.0. The van der Waals surface area contributed by atoms with Gasteiger partial charge in [0.1, 0.15) is 0 Å². The zero-order chi connectivity index (χ0) is 16.4. The first kappa shape index (κ1) is 16.3. The molecule has 0 radical (unpaired) electrons. The third kappa shape index (κ3) is 4.47. The molecule has 0 spiro atoms. The molecule has 3 rings (SSSR count). The highest BCUT2D eigenvalue weighted by Crippen LogP contribution is 2.37. The van der Waals surface area contributed by atoms with Crippen molar-refractivity contribution in [3.8, 4) is 0 Å². The largest absolute Gasteiger partial charge is 0.329 e. The Kier molecular flexibility index (Phi) is 4.90. The first-order valence-corrected chi connectivity index (χ1v) is 8.89. The summed E-state index contributed by atoms with van der Waals surface area (Å²) in [5.41, 5.74) is 1.74. The molecule has 0 atom stereocenters. The van der Waals surface area contributed by atoms with Crippen LogP contribution in [0.25, 0.3) is 0 Å². The predicted octanol–water partition coefficient (Wildman–Crippen LogP) is 3.14. The topological polar surface area (TPSA) is 61.4 Å². The summed E-state index contributed by atoms with van der Waals surface area (Å²) in [5.74, 6) is 1.35. The van der Waals surface area contributed by atoms with Gasteiger partial charge in [0, 0.05) is 23.2 Å². The van der Waals surface area contributed by atoms with Gasteiger partial charge >= 0.3 is 6.03 Å². The van der Waals surface area contributed by atoms with E-state index in [2.05, 4.69) is 26.6 Å². The number of carbonyl (C=O) groups excluding carboxylic acids is 2. The van der Waals surface area contributed by atoms with Gasteiger partial charge < -0.3 is 15.5 Å². The highest BCUT2D eigenvalue weighted by molar-refractivity contribution is 9.10. The Labute approximate surface area is 144 Å². The summed E-state index contributed by atoms with van der Waals surface area (Å²) in [6, 6.07) is 5.57. The molecule has 0 unspecified atom stereocenters. The molecule has 0 bridgehead atoms. The summed E-state index contributed by atoms with van der Waals surface area (Å²) >= 11 is 3.38. The molecule has 1 saturated heterocycles. The van der Waals surface area contributed by atoms with Crippen LogP contribution in [-0.2, 0) is 4.79 Å². The van der Waals surface area contributed by atoms with E-state index in [0.29, 0.717) is 5.92 Å². The minimum absolute atomic E-state index is 0.00538. The number of rotatable bonds is 5. The number of aryl methyl sites for hydroxylation is 1. The van der Waals surface area contributed by atoms with Crippen molar-refractivity contribution in [2.24, 2.45) is 11.8 Å². The second-order valence-corrected chi connectivity index (χ2v) is 7.53. The van der Waals surface area contributed by atoms with Crippen LogP contribution in [0.5, 0.6) is 0 Å². The van der Waals surface area contributed by atoms with Gasteiger partial charge in [0.15, 0.2) is 0 Å². The fraction of sp³-hybridized carbons (Fsp3) is 0.529. The third-order valence-corrected chi connectivity index (χ3v) is 4.98. The number of hydrogen-bond acceptors (Lipinski definition) is 2. The molecule has 2 aliphatic rings. The highest BCUT2D eigenvalue weighted by atomic mass is 79.9. The van der Waals surface area contributed by atoms with Crippen LogP contribution in [0.1, 0.15) is 24.8 Å². The van der Waals surface area contributed by atoms with Crippen LogP contribution in [0.3, 0.4) is 0 Å². The average Bonchev–Trinajstić information content (AvgIpc) is 3.28. The molecule has 0 aromatic heterocycles. The molecular formula is C17H22BrN3O2. The lowest BCUT2D eigenvalue weighted by molar-refractivity contribution is -0.115. The van der Waals surface area contributed by atoms with E-state index in [1.165, 1.54) is 19.3 Å². The van der Waals surface area contributed by atoms with Crippen molar-refractivity contribution in [2.75, 3.05) is 25.0 Å². The number of urea groups is 1. The summed E-state index contributed by atoms with van der Waals surface area (Å²) in [6.45, 7) is 3.58. The van der Waals surface area contributed by atoms with E-state index in [0.717, 1.165) is 34.7 Å². The van der Waals surface area contributed by atoms with Crippen molar-refractivity contribution in [2.45, 2.75) is 26.2 Å². The molecule has 1 aliphatic heterocycles. The summed E-state index contributed by atoms with van der Waals surface area (Å²) in [4.78, 5) is 25.7. The normalized spacial score (nSPS) is 17.6. The van der Waals surface area contributed by atoms with Crippen LogP contribution in [0.15, 0.2) is 22.7 Å². The second-order valence-electron chi connectivity index (χ2n) is 6.62. The Bertz CT molecular complexity index is 610. The molecule has 1 aromatic carbocycles. The van der Waals surface area contributed by atoms with Crippen molar-refractivity contribution >= 4 is 33.6 Å². The molecule has 1 saturated carbocycles. The molecule has 124 valence electrons. The van der Waals surface area contributed by atoms with Gasteiger partial charge in [0.2, 0.25) is 5.91 Å². The number of benzene rings is 1. The van der Waals surface area contributed by atoms with E-state index in [1.54, 1.807) is 4.90 Å². The van der Waals surface area contributed by atoms with Gasteiger partial charge in [-0.1, -0.05) is 34.8 Å². The lowest BCUT2D eigenvalue weighted by atomic mass is 9.94. The van der Waals surface area contributed by atoms with Crippen molar-refractivity contribution in [1.82, 2.24) is 10.2 Å². The Balaban J connectivity index is 1.38. The van der Waals surface area contributed by atoms with E-state index >= 15 is 0 Å². The van der Waals surface area contributed by atoms with E-state index in [-0.39, 0.29) is 18.5 Å². The van der Waals surface area contributed by atoms with Gasteiger partial charge in [-0.15, -0.1) is 0 Å². The Hall–Kier alpha value is -1.56. The van der Waals surface area contributed by atoms with Crippen molar-refractivity contribution in [3.05, 3.63) is 28.2 Å². The molecule has 2 N–H and O–H groups in total. The van der Waals surface area contributed by atoms with Crippen LogP contribution >= 0.6 is 15.9 Å². The fourth-order valence-electron chi connectivity index (χ4n) is 2.90. The van der Waals surface area contributed by atoms with E-state index < -0.39 is 0 Å². The van der Waals surface area contributed by atoms with Crippen molar-refractivity contribution in [1.29, 1.82) is 0 Å². The van der Waals surface area contributed by atoms with Gasteiger partial charge in [0.05, 0.1) is 6.54 Å². The summed E-state index contributed by atoms with van der Waals surface area (Å²) < 4.78 is 0.907. The van der Waals surface area contributed by atoms with E-state index in [9.17, 15) is 9.59 Å². The molecule has 2 fully saturated rings. The molecule has 5 nitrogen and oxygen atoms in total. The molecule has 1 aliphatic carbocycles. The first-order valence-electron chi connectivity index (χ1n) is 8.10. The minimum Gasteiger partial charge on any atom is -0.329 e. The van der Waals surface area contributed by atoms with Gasteiger partial charge in [-0.05, 0) is 42.9 Å². The summed E-state index contributed by atoms with van der Waals surface area (Å²) in [6.07, 6.45) is 3.97. The quantitative estimate of drug-likeness (QED) is 0.825. The minimum atomic E-state index is -0.213. The number of nitrogens with zero attached hydrogens (tertiary/aromatic N) is 1. The average molecular weight is 380 g/mol. The summed E-state index contributed by atoms with van der Waals surface area (Å²) in [5, 5.41) is 5.51. The number of halogens is 1. The lowest BCUT2D eigenvalue weighted by Gasteiger charge is -2.39. The smallest absolute Gasteiger partial charge is 0.317 e. The number of nitrogens with one attached hydrogen (secondary N) is 2. The zero-order valence-corrected chi connectivity index (χ0v) is 14.9. The molecule has 1 heterocycles. The predicted molar refractivity (Wildman–Crippen MR) is 93.3 cm³/mol. The maximum atomic E-state index is 12.0. The third-order valence-electron chi connectivity index (χ3n) is 4.48. The van der Waals surface area contributed by atoms with E-state index in [4.69, 9.17) is 0 Å². The Morgan fingerprint density at radius 2 is 2.00 bits per heavy atom. The Morgan fingerprint density at radius 1 is 1.26 bits per heavy atom. The van der Waals surface area contributed by atoms with Crippen LogP contribution in [0, 0.1) is 18.8 Å². The zero-order valence-electron chi connectivity index (χ0n) is 13.3. The molecule has 3 amide bonds. The van der Waals surface area contributed by atoms with Crippen LogP contribution in [-0.4, -0.2) is 36.5 Å². The number of likely N-dealkylation sites (tertiary alicyclic amines) is 1. The van der Waals surface area contributed by atoms with Gasteiger partial charge in [0.25, 0.3) is 0 Å². The van der Waals surface area contributed by atoms with Crippen molar-refractivity contribution in [3.63, 3.8) is 0 Å². The maximum Gasteiger partial charge on any atom is 0.317 e. The fourth-order valence-corrected chi connectivity index (χ4v) is 3.26. The van der Waals surface area contributed by atoms with Crippen LogP contribution in [0.2, 0.25) is 0 Å². The summed E-state index contributed by atoms with van der Waals surface area (Å²) in [7, 11) is 0. The SMILES string of the molecule is Cc1ccc(Br)cc1NC(=O)CNC(=O)N1CC(CC2CC2)C1. The highest BCUT2D eigenvalue weighted by Gasteiger charge is 2.35. The van der Waals surface area contributed by atoms with Crippen molar-refractivity contribution < 1.29 is 9.59 Å². The maximum absolute atomic E-state index is 12.0. The van der Waals surface area contributed by atoms with Gasteiger partial charge in [-0.3, -0.25) is 4.79 Å². The lowest BCUT2D eigenvalue weighted by Crippen LogP contribution is -2.54. The van der Waals surface area contributed by atoms with Gasteiger partial charge in [-0.2, -0.15) is 0 Å². The number of carbonyl (C=O) groups is 2. The molecule has 23 heavy (non-hydrogen) atoms. The second kappa shape index (κ2) is 6.91. The Morgan fingerprint density at radius 3 is 2.70 bits per heavy atom. The monoisotopic (exact) mass is 379 g/mol. The van der Waals surface area contributed by atoms with Gasteiger partial charge in [-0.25, -0.2) is 4.79 Å². The van der Waals surface area contributed by atoms with Crippen LogP contribution < -0.4 is 10.6 Å².